The van der Waals surface area contributed by atoms with E-state index in [0.717, 1.165) is 5.69 Å². The van der Waals surface area contributed by atoms with Gasteiger partial charge in [-0.15, -0.1) is 0 Å². The predicted molar refractivity (Wildman–Crippen MR) is 107 cm³/mol. The summed E-state index contributed by atoms with van der Waals surface area (Å²) in [6.45, 7) is 3.11. The van der Waals surface area contributed by atoms with Crippen molar-refractivity contribution in [1.29, 1.82) is 0 Å². The molecule has 0 fully saturated rings. The van der Waals surface area contributed by atoms with Crippen LogP contribution in [0.15, 0.2) is 67.0 Å². The van der Waals surface area contributed by atoms with E-state index in [1.54, 1.807) is 23.0 Å². The Kier molecular flexibility index (Phi) is 6.01. The average Bonchev–Trinajstić information content (AvgIpc) is 3.20. The van der Waals surface area contributed by atoms with Crippen molar-refractivity contribution in [3.8, 4) is 0 Å². The van der Waals surface area contributed by atoms with Crippen molar-refractivity contribution in [2.75, 3.05) is 11.9 Å². The van der Waals surface area contributed by atoms with E-state index in [2.05, 4.69) is 15.7 Å². The van der Waals surface area contributed by atoms with E-state index >= 15 is 0 Å². The molecule has 1 unspecified atom stereocenters. The van der Waals surface area contributed by atoms with Crippen LogP contribution in [0.4, 0.5) is 17.1 Å². The van der Waals surface area contributed by atoms with Crippen LogP contribution in [0.25, 0.3) is 0 Å². The van der Waals surface area contributed by atoms with E-state index < -0.39 is 4.92 Å². The first kappa shape index (κ1) is 19.1. The van der Waals surface area contributed by atoms with Gasteiger partial charge in [-0.2, -0.15) is 5.10 Å². The van der Waals surface area contributed by atoms with Crippen molar-refractivity contribution in [2.24, 2.45) is 5.92 Å². The Morgan fingerprint density at radius 2 is 2.00 bits per heavy atom. The van der Waals surface area contributed by atoms with Crippen LogP contribution in [-0.4, -0.2) is 27.2 Å². The number of para-hydroxylation sites is 1. The summed E-state index contributed by atoms with van der Waals surface area (Å²) in [5.41, 5.74) is 1.16. The molecule has 0 saturated heterocycles. The lowest BCUT2D eigenvalue weighted by atomic mass is 10.1. The van der Waals surface area contributed by atoms with Gasteiger partial charge in [0.15, 0.2) is 0 Å². The van der Waals surface area contributed by atoms with Gasteiger partial charge in [0.25, 0.3) is 11.6 Å². The van der Waals surface area contributed by atoms with Gasteiger partial charge in [0.1, 0.15) is 5.69 Å². The van der Waals surface area contributed by atoms with Gasteiger partial charge in [0, 0.05) is 42.8 Å². The molecular weight excluding hydrogens is 358 g/mol. The zero-order valence-electron chi connectivity index (χ0n) is 15.4. The summed E-state index contributed by atoms with van der Waals surface area (Å²) in [5.74, 6) is -0.181. The van der Waals surface area contributed by atoms with Crippen LogP contribution in [0.3, 0.4) is 0 Å². The summed E-state index contributed by atoms with van der Waals surface area (Å²) in [5, 5.41) is 21.4. The van der Waals surface area contributed by atoms with Crippen LogP contribution in [0.5, 0.6) is 0 Å². The van der Waals surface area contributed by atoms with Crippen molar-refractivity contribution in [3.05, 3.63) is 82.7 Å². The van der Waals surface area contributed by atoms with Crippen LogP contribution in [0.1, 0.15) is 17.3 Å². The van der Waals surface area contributed by atoms with Gasteiger partial charge >= 0.3 is 0 Å². The Labute approximate surface area is 162 Å². The van der Waals surface area contributed by atoms with Crippen LogP contribution in [0, 0.1) is 16.0 Å². The van der Waals surface area contributed by atoms with Crippen molar-refractivity contribution in [1.82, 2.24) is 15.1 Å². The maximum absolute atomic E-state index is 12.4. The minimum absolute atomic E-state index is 0.152. The fraction of sp³-hybridized carbons (Fsp3) is 0.200. The van der Waals surface area contributed by atoms with E-state index in [0.29, 0.717) is 18.8 Å². The molecule has 0 spiro atoms. The number of nitrogens with one attached hydrogen (secondary N) is 2. The molecule has 0 aliphatic rings. The van der Waals surface area contributed by atoms with Crippen LogP contribution in [-0.2, 0) is 6.54 Å². The number of nitrogens with zero attached hydrogens (tertiary/aromatic N) is 3. The van der Waals surface area contributed by atoms with Gasteiger partial charge < -0.3 is 10.6 Å². The molecule has 28 heavy (non-hydrogen) atoms. The Morgan fingerprint density at radius 3 is 2.68 bits per heavy atom. The number of carbonyl (C=O) groups is 1. The van der Waals surface area contributed by atoms with E-state index in [-0.39, 0.29) is 23.1 Å². The molecule has 1 atom stereocenters. The molecule has 1 aromatic heterocycles. The number of hydrogen-bond acceptors (Lipinski definition) is 5. The number of aromatic nitrogens is 2. The normalized spacial score (nSPS) is 11.6. The Hall–Kier alpha value is -3.68. The molecule has 2 aromatic carbocycles. The topological polar surface area (TPSA) is 102 Å². The SMILES string of the molecule is CC(CNC(=O)c1ccc(Nc2ccccc2)c([N+](=O)[O-])c1)Cn1cccn1. The Balaban J connectivity index is 1.67. The first-order valence-electron chi connectivity index (χ1n) is 8.89. The Bertz CT molecular complexity index is 942. The second-order valence-electron chi connectivity index (χ2n) is 6.52. The highest BCUT2D eigenvalue weighted by Crippen LogP contribution is 2.28. The third-order valence-corrected chi connectivity index (χ3v) is 4.18. The number of rotatable bonds is 8. The number of benzene rings is 2. The van der Waals surface area contributed by atoms with E-state index in [4.69, 9.17) is 0 Å². The Morgan fingerprint density at radius 1 is 1.21 bits per heavy atom. The molecule has 8 heteroatoms. The number of anilines is 2. The lowest BCUT2D eigenvalue weighted by Gasteiger charge is -2.13. The molecule has 2 N–H and O–H groups in total. The number of nitro groups is 1. The van der Waals surface area contributed by atoms with Gasteiger partial charge in [0.2, 0.25) is 0 Å². The second kappa shape index (κ2) is 8.81. The molecule has 0 radical (unpaired) electrons. The molecule has 144 valence electrons. The van der Waals surface area contributed by atoms with E-state index in [1.165, 1.54) is 6.07 Å². The number of carbonyl (C=O) groups excluding carboxylic acids is 1. The average molecular weight is 379 g/mol. The molecule has 1 amide bonds. The molecule has 1 heterocycles. The van der Waals surface area contributed by atoms with Crippen molar-refractivity contribution in [3.63, 3.8) is 0 Å². The molecule has 3 aromatic rings. The van der Waals surface area contributed by atoms with Crippen LogP contribution < -0.4 is 10.6 Å². The first-order valence-corrected chi connectivity index (χ1v) is 8.89. The number of nitro benzene ring substituents is 1. The quantitative estimate of drug-likeness (QED) is 0.460. The van der Waals surface area contributed by atoms with Gasteiger partial charge in [0.05, 0.1) is 4.92 Å². The smallest absolute Gasteiger partial charge is 0.293 e. The minimum Gasteiger partial charge on any atom is -0.352 e. The second-order valence-corrected chi connectivity index (χ2v) is 6.52. The fourth-order valence-electron chi connectivity index (χ4n) is 2.77. The first-order chi connectivity index (χ1) is 13.5. The highest BCUT2D eigenvalue weighted by molar-refractivity contribution is 5.95. The summed E-state index contributed by atoms with van der Waals surface area (Å²) in [7, 11) is 0. The zero-order chi connectivity index (χ0) is 19.9. The highest BCUT2D eigenvalue weighted by atomic mass is 16.6. The zero-order valence-corrected chi connectivity index (χ0v) is 15.4. The monoisotopic (exact) mass is 379 g/mol. The molecule has 8 nitrogen and oxygen atoms in total. The van der Waals surface area contributed by atoms with Crippen molar-refractivity contribution < 1.29 is 9.72 Å². The number of hydrogen-bond donors (Lipinski definition) is 2. The largest absolute Gasteiger partial charge is 0.352 e. The fourth-order valence-corrected chi connectivity index (χ4v) is 2.77. The maximum atomic E-state index is 12.4. The minimum atomic E-state index is -0.498. The molecule has 0 aliphatic carbocycles. The van der Waals surface area contributed by atoms with E-state index in [1.807, 2.05) is 49.5 Å². The predicted octanol–water partition coefficient (Wildman–Crippen LogP) is 3.60. The van der Waals surface area contributed by atoms with Crippen LogP contribution in [0.2, 0.25) is 0 Å². The van der Waals surface area contributed by atoms with Crippen molar-refractivity contribution in [2.45, 2.75) is 13.5 Å². The summed E-state index contributed by atoms with van der Waals surface area (Å²) in [6, 6.07) is 15.4. The maximum Gasteiger partial charge on any atom is 0.293 e. The van der Waals surface area contributed by atoms with Crippen LogP contribution >= 0.6 is 0 Å². The standard InChI is InChI=1S/C20H21N5O3/c1-15(14-24-11-5-10-22-24)13-21-20(26)16-8-9-18(19(12-16)25(27)28)23-17-6-3-2-4-7-17/h2-12,15,23H,13-14H2,1H3,(H,21,26). The summed E-state index contributed by atoms with van der Waals surface area (Å²) in [4.78, 5) is 23.4. The summed E-state index contributed by atoms with van der Waals surface area (Å²) in [6.07, 6.45) is 3.57. The van der Waals surface area contributed by atoms with E-state index in [9.17, 15) is 14.9 Å². The molecule has 0 saturated carbocycles. The van der Waals surface area contributed by atoms with Gasteiger partial charge in [-0.1, -0.05) is 25.1 Å². The summed E-state index contributed by atoms with van der Waals surface area (Å²) < 4.78 is 1.80. The van der Waals surface area contributed by atoms with Gasteiger partial charge in [-0.05, 0) is 36.2 Å². The van der Waals surface area contributed by atoms with Gasteiger partial charge in [-0.25, -0.2) is 0 Å². The van der Waals surface area contributed by atoms with Crippen molar-refractivity contribution >= 4 is 23.0 Å². The number of amides is 1. The summed E-state index contributed by atoms with van der Waals surface area (Å²) >= 11 is 0. The molecule has 0 bridgehead atoms. The third-order valence-electron chi connectivity index (χ3n) is 4.18. The lowest BCUT2D eigenvalue weighted by Crippen LogP contribution is -2.30. The molecule has 3 rings (SSSR count). The third kappa shape index (κ3) is 4.94. The lowest BCUT2D eigenvalue weighted by molar-refractivity contribution is -0.383. The molecule has 0 aliphatic heterocycles. The molecular formula is C20H21N5O3. The highest BCUT2D eigenvalue weighted by Gasteiger charge is 2.18. The van der Waals surface area contributed by atoms with Gasteiger partial charge in [-0.3, -0.25) is 19.6 Å².